The Labute approximate surface area is 144 Å². The van der Waals surface area contributed by atoms with Crippen LogP contribution in [0.25, 0.3) is 0 Å². The van der Waals surface area contributed by atoms with Gasteiger partial charge in [-0.05, 0) is 55.9 Å². The molecule has 0 radical (unpaired) electrons. The number of hydrogen-bond donors (Lipinski definition) is 1. The smallest absolute Gasteiger partial charge is 0.253 e. The molecule has 0 atom stereocenters. The standard InChI is InChI=1S/C16H19ClN4OS/c1-11-15(23-20-19-11)10-18-16(22)13-9-12(5-6-14(13)17)21-7-3-2-4-8-21/h5-6,9H,2-4,7-8,10H2,1H3,(H,18,22). The zero-order valence-corrected chi connectivity index (χ0v) is 14.6. The van der Waals surface area contributed by atoms with Crippen molar-refractivity contribution in [3.63, 3.8) is 0 Å². The van der Waals surface area contributed by atoms with Gasteiger partial charge < -0.3 is 10.2 Å². The summed E-state index contributed by atoms with van der Waals surface area (Å²) in [5.74, 6) is -0.165. The van der Waals surface area contributed by atoms with Gasteiger partial charge in [0.1, 0.15) is 0 Å². The molecule has 0 aliphatic carbocycles. The third-order valence-corrected chi connectivity index (χ3v) is 5.22. The van der Waals surface area contributed by atoms with Crippen LogP contribution in [0.4, 0.5) is 5.69 Å². The highest BCUT2D eigenvalue weighted by Gasteiger charge is 2.16. The second-order valence-corrected chi connectivity index (χ2v) is 6.92. The molecule has 1 fully saturated rings. The molecule has 3 rings (SSSR count). The lowest BCUT2D eigenvalue weighted by Gasteiger charge is -2.29. The quantitative estimate of drug-likeness (QED) is 0.917. The fourth-order valence-electron chi connectivity index (χ4n) is 2.70. The topological polar surface area (TPSA) is 58.1 Å². The first kappa shape index (κ1) is 16.2. The fraction of sp³-hybridized carbons (Fsp3) is 0.438. The van der Waals surface area contributed by atoms with Crippen LogP contribution in [0.5, 0.6) is 0 Å². The number of amides is 1. The van der Waals surface area contributed by atoms with Crippen LogP contribution in [-0.2, 0) is 6.54 Å². The van der Waals surface area contributed by atoms with Crippen molar-refractivity contribution in [3.05, 3.63) is 39.4 Å². The zero-order valence-electron chi connectivity index (χ0n) is 13.0. The monoisotopic (exact) mass is 350 g/mol. The predicted molar refractivity (Wildman–Crippen MR) is 93.3 cm³/mol. The van der Waals surface area contributed by atoms with Crippen LogP contribution < -0.4 is 10.2 Å². The van der Waals surface area contributed by atoms with Gasteiger partial charge >= 0.3 is 0 Å². The van der Waals surface area contributed by atoms with E-state index in [1.807, 2.05) is 19.1 Å². The first-order valence-corrected chi connectivity index (χ1v) is 8.91. The minimum atomic E-state index is -0.165. The molecule has 1 N–H and O–H groups in total. The van der Waals surface area contributed by atoms with E-state index in [9.17, 15) is 4.79 Å². The van der Waals surface area contributed by atoms with Crippen molar-refractivity contribution in [1.82, 2.24) is 14.9 Å². The number of nitrogens with one attached hydrogen (secondary N) is 1. The number of benzene rings is 1. The average Bonchev–Trinajstić information content (AvgIpc) is 2.99. The van der Waals surface area contributed by atoms with Crippen LogP contribution in [0.1, 0.15) is 40.2 Å². The number of hydrogen-bond acceptors (Lipinski definition) is 5. The molecule has 1 amide bonds. The number of rotatable bonds is 4. The van der Waals surface area contributed by atoms with Crippen LogP contribution in [0.15, 0.2) is 18.2 Å². The summed E-state index contributed by atoms with van der Waals surface area (Å²) < 4.78 is 3.87. The molecule has 5 nitrogen and oxygen atoms in total. The summed E-state index contributed by atoms with van der Waals surface area (Å²) in [5, 5.41) is 7.32. The first-order chi connectivity index (χ1) is 11.1. The second kappa shape index (κ2) is 7.27. The van der Waals surface area contributed by atoms with Gasteiger partial charge in [-0.3, -0.25) is 4.79 Å². The molecule has 122 valence electrons. The number of nitrogens with zero attached hydrogens (tertiary/aromatic N) is 3. The van der Waals surface area contributed by atoms with Crippen molar-refractivity contribution >= 4 is 34.7 Å². The zero-order chi connectivity index (χ0) is 16.2. The molecule has 1 aliphatic heterocycles. The highest BCUT2D eigenvalue weighted by atomic mass is 35.5. The van der Waals surface area contributed by atoms with E-state index in [2.05, 4.69) is 19.8 Å². The van der Waals surface area contributed by atoms with Gasteiger partial charge in [0.15, 0.2) is 0 Å². The van der Waals surface area contributed by atoms with Gasteiger partial charge in [0.25, 0.3) is 5.91 Å². The van der Waals surface area contributed by atoms with Crippen LogP contribution >= 0.6 is 23.1 Å². The van der Waals surface area contributed by atoms with Crippen molar-refractivity contribution in [2.45, 2.75) is 32.7 Å². The Morgan fingerprint density at radius 1 is 1.35 bits per heavy atom. The van der Waals surface area contributed by atoms with Crippen LogP contribution in [0, 0.1) is 6.92 Å². The summed E-state index contributed by atoms with van der Waals surface area (Å²) in [4.78, 5) is 15.7. The normalized spacial score (nSPS) is 14.8. The molecule has 0 bridgehead atoms. The predicted octanol–water partition coefficient (Wildman–Crippen LogP) is 3.42. The lowest BCUT2D eigenvalue weighted by molar-refractivity contribution is 0.0951. The van der Waals surface area contributed by atoms with E-state index in [4.69, 9.17) is 11.6 Å². The van der Waals surface area contributed by atoms with E-state index < -0.39 is 0 Å². The maximum atomic E-state index is 12.5. The van der Waals surface area contributed by atoms with Crippen molar-refractivity contribution in [1.29, 1.82) is 0 Å². The molecule has 2 aromatic rings. The van der Waals surface area contributed by atoms with E-state index in [0.717, 1.165) is 29.3 Å². The Kier molecular flexibility index (Phi) is 5.13. The summed E-state index contributed by atoms with van der Waals surface area (Å²) in [6.45, 7) is 4.38. The molecule has 0 unspecified atom stereocenters. The Morgan fingerprint density at radius 3 is 2.83 bits per heavy atom. The summed E-state index contributed by atoms with van der Waals surface area (Å²) in [5.41, 5.74) is 2.43. The summed E-state index contributed by atoms with van der Waals surface area (Å²) in [7, 11) is 0. The molecule has 7 heteroatoms. The van der Waals surface area contributed by atoms with Gasteiger partial charge in [0.05, 0.1) is 27.7 Å². The van der Waals surface area contributed by atoms with Crippen LogP contribution in [0.3, 0.4) is 0 Å². The Morgan fingerprint density at radius 2 is 2.13 bits per heavy atom. The molecule has 1 saturated heterocycles. The van der Waals surface area contributed by atoms with Gasteiger partial charge in [-0.2, -0.15) is 0 Å². The van der Waals surface area contributed by atoms with E-state index in [1.165, 1.54) is 30.8 Å². The first-order valence-electron chi connectivity index (χ1n) is 7.75. The number of piperidine rings is 1. The van der Waals surface area contributed by atoms with Crippen LogP contribution in [-0.4, -0.2) is 28.6 Å². The number of anilines is 1. The lowest BCUT2D eigenvalue weighted by Crippen LogP contribution is -2.30. The molecule has 1 aromatic carbocycles. The SMILES string of the molecule is Cc1nnsc1CNC(=O)c1cc(N2CCCCC2)ccc1Cl. The van der Waals surface area contributed by atoms with Gasteiger partial charge in [-0.1, -0.05) is 16.1 Å². The average molecular weight is 351 g/mol. The summed E-state index contributed by atoms with van der Waals surface area (Å²) in [6.07, 6.45) is 3.67. The molecule has 23 heavy (non-hydrogen) atoms. The number of halogens is 1. The van der Waals surface area contributed by atoms with Crippen molar-refractivity contribution < 1.29 is 4.79 Å². The minimum absolute atomic E-state index is 0.165. The van der Waals surface area contributed by atoms with E-state index in [-0.39, 0.29) is 5.91 Å². The highest BCUT2D eigenvalue weighted by Crippen LogP contribution is 2.25. The molecule has 0 saturated carbocycles. The fourth-order valence-corrected chi connectivity index (χ4v) is 3.48. The van der Waals surface area contributed by atoms with Crippen LogP contribution in [0.2, 0.25) is 5.02 Å². The summed E-state index contributed by atoms with van der Waals surface area (Å²) in [6, 6.07) is 5.68. The Balaban J connectivity index is 1.72. The number of aromatic nitrogens is 2. The highest BCUT2D eigenvalue weighted by molar-refractivity contribution is 7.05. The van der Waals surface area contributed by atoms with Crippen molar-refractivity contribution in [2.75, 3.05) is 18.0 Å². The van der Waals surface area contributed by atoms with Gasteiger partial charge in [0.2, 0.25) is 0 Å². The number of aryl methyl sites for hydroxylation is 1. The third kappa shape index (κ3) is 3.82. The van der Waals surface area contributed by atoms with E-state index in [0.29, 0.717) is 17.1 Å². The molecule has 1 aromatic heterocycles. The molecular weight excluding hydrogens is 332 g/mol. The Bertz CT molecular complexity index is 697. The number of carbonyl (C=O) groups is 1. The van der Waals surface area contributed by atoms with E-state index >= 15 is 0 Å². The molecular formula is C16H19ClN4OS. The van der Waals surface area contributed by atoms with Crippen molar-refractivity contribution in [2.24, 2.45) is 0 Å². The van der Waals surface area contributed by atoms with E-state index in [1.54, 1.807) is 6.07 Å². The molecule has 0 spiro atoms. The van der Waals surface area contributed by atoms with Gasteiger partial charge in [-0.25, -0.2) is 0 Å². The number of carbonyl (C=O) groups excluding carboxylic acids is 1. The Hall–Kier alpha value is -1.66. The molecule has 2 heterocycles. The second-order valence-electron chi connectivity index (χ2n) is 5.68. The lowest BCUT2D eigenvalue weighted by atomic mass is 10.1. The largest absolute Gasteiger partial charge is 0.372 e. The minimum Gasteiger partial charge on any atom is -0.372 e. The summed E-state index contributed by atoms with van der Waals surface area (Å²) >= 11 is 7.52. The van der Waals surface area contributed by atoms with Crippen molar-refractivity contribution in [3.8, 4) is 0 Å². The van der Waals surface area contributed by atoms with Gasteiger partial charge in [0, 0.05) is 18.8 Å². The maximum absolute atomic E-state index is 12.5. The van der Waals surface area contributed by atoms with Gasteiger partial charge in [-0.15, -0.1) is 5.10 Å². The maximum Gasteiger partial charge on any atom is 0.253 e. The third-order valence-electron chi connectivity index (χ3n) is 4.07. The molecule has 1 aliphatic rings.